The molecule has 2 amide bonds. The molecule has 0 radical (unpaired) electrons. The van der Waals surface area contributed by atoms with Crippen LogP contribution in [-0.4, -0.2) is 59.6 Å². The summed E-state index contributed by atoms with van der Waals surface area (Å²) in [5, 5.41) is 9.01. The molecule has 1 saturated heterocycles. The van der Waals surface area contributed by atoms with Gasteiger partial charge in [0.05, 0.1) is 0 Å². The number of nitrogens with one attached hydrogen (secondary N) is 2. The number of likely N-dealkylation sites (N-methyl/N-ethyl adjacent to an activating group) is 1. The molecule has 1 fully saturated rings. The number of anilines is 1. The average molecular weight is 331 g/mol. The van der Waals surface area contributed by atoms with Crippen LogP contribution in [0, 0.1) is 5.82 Å². The number of carbonyl (C=O) groups is 2. The molecule has 1 aliphatic heterocycles. The Labute approximate surface area is 138 Å². The van der Waals surface area contributed by atoms with E-state index in [1.54, 1.807) is 18.2 Å². The third-order valence-electron chi connectivity index (χ3n) is 4.11. The Bertz CT molecular complexity index is 717. The summed E-state index contributed by atoms with van der Waals surface area (Å²) in [7, 11) is 1.54. The smallest absolute Gasteiger partial charge is 0.272 e. The Morgan fingerprint density at radius 2 is 2.00 bits per heavy atom. The maximum atomic E-state index is 13.1. The number of hydrogen-bond acceptors (Lipinski definition) is 4. The number of aromatic nitrogens is 2. The minimum absolute atomic E-state index is 0.241. The highest BCUT2D eigenvalue weighted by Gasteiger charge is 2.35. The molecule has 1 unspecified atom stereocenters. The van der Waals surface area contributed by atoms with Crippen LogP contribution in [0.5, 0.6) is 0 Å². The molecule has 8 heteroatoms. The van der Waals surface area contributed by atoms with Crippen molar-refractivity contribution in [3.63, 3.8) is 0 Å². The lowest BCUT2D eigenvalue weighted by Crippen LogP contribution is -2.60. The van der Waals surface area contributed by atoms with Crippen molar-refractivity contribution in [2.75, 3.05) is 31.6 Å². The van der Waals surface area contributed by atoms with Crippen LogP contribution in [0.25, 0.3) is 0 Å². The number of carbonyl (C=O) groups excluding carboxylic acids is 2. The Hall–Kier alpha value is -2.90. The molecular formula is C16H18FN5O2. The monoisotopic (exact) mass is 331 g/mol. The van der Waals surface area contributed by atoms with Gasteiger partial charge in [-0.25, -0.2) is 4.39 Å². The molecule has 2 N–H and O–H groups in total. The zero-order valence-electron chi connectivity index (χ0n) is 13.2. The van der Waals surface area contributed by atoms with Crippen LogP contribution in [0.15, 0.2) is 36.5 Å². The van der Waals surface area contributed by atoms with Gasteiger partial charge in [-0.05, 0) is 30.3 Å². The van der Waals surface area contributed by atoms with Crippen molar-refractivity contribution in [1.82, 2.24) is 20.4 Å². The predicted octanol–water partition coefficient (Wildman–Crippen LogP) is 0.626. The lowest BCUT2D eigenvalue weighted by molar-refractivity contribution is -0.125. The van der Waals surface area contributed by atoms with Crippen LogP contribution >= 0.6 is 0 Å². The fraction of sp³-hybridized carbons (Fsp3) is 0.312. The van der Waals surface area contributed by atoms with Gasteiger partial charge in [0, 0.05) is 38.6 Å². The molecule has 2 heterocycles. The summed E-state index contributed by atoms with van der Waals surface area (Å²) in [4.78, 5) is 28.4. The van der Waals surface area contributed by atoms with Gasteiger partial charge in [0.1, 0.15) is 17.6 Å². The standard InChI is InChI=1S/C16H18FN5O2/c1-18-15(23)14-10-21(12-4-2-11(17)3-5-12)8-9-22(14)16(24)13-6-7-19-20-13/h2-7,14H,8-10H2,1H3,(H,18,23)(H,19,20). The van der Waals surface area contributed by atoms with Crippen molar-refractivity contribution in [3.05, 3.63) is 48.0 Å². The number of H-pyrrole nitrogens is 1. The molecular weight excluding hydrogens is 313 g/mol. The number of benzene rings is 1. The van der Waals surface area contributed by atoms with E-state index in [1.165, 1.54) is 30.3 Å². The van der Waals surface area contributed by atoms with Gasteiger partial charge in [-0.1, -0.05) is 0 Å². The van der Waals surface area contributed by atoms with Crippen molar-refractivity contribution >= 4 is 17.5 Å². The van der Waals surface area contributed by atoms with E-state index in [1.807, 2.05) is 4.90 Å². The molecule has 2 aromatic rings. The molecule has 1 aromatic carbocycles. The Morgan fingerprint density at radius 1 is 1.25 bits per heavy atom. The van der Waals surface area contributed by atoms with Crippen LogP contribution < -0.4 is 10.2 Å². The molecule has 7 nitrogen and oxygen atoms in total. The highest BCUT2D eigenvalue weighted by Crippen LogP contribution is 2.21. The normalized spacial score (nSPS) is 17.7. The van der Waals surface area contributed by atoms with E-state index in [4.69, 9.17) is 0 Å². The molecule has 0 bridgehead atoms. The first-order valence-electron chi connectivity index (χ1n) is 7.62. The molecule has 1 aliphatic rings. The third kappa shape index (κ3) is 3.08. The Morgan fingerprint density at radius 3 is 2.62 bits per heavy atom. The van der Waals surface area contributed by atoms with Gasteiger partial charge in [0.2, 0.25) is 5.91 Å². The van der Waals surface area contributed by atoms with Crippen LogP contribution in [0.3, 0.4) is 0 Å². The van der Waals surface area contributed by atoms with E-state index >= 15 is 0 Å². The van der Waals surface area contributed by atoms with Gasteiger partial charge in [-0.15, -0.1) is 0 Å². The number of aromatic amines is 1. The second kappa shape index (κ2) is 6.69. The highest BCUT2D eigenvalue weighted by molar-refractivity contribution is 5.96. The Balaban J connectivity index is 1.82. The van der Waals surface area contributed by atoms with Crippen LogP contribution in [0.1, 0.15) is 10.5 Å². The van der Waals surface area contributed by atoms with E-state index in [9.17, 15) is 14.0 Å². The molecule has 0 aliphatic carbocycles. The van der Waals surface area contributed by atoms with E-state index in [0.29, 0.717) is 25.3 Å². The average Bonchev–Trinajstić information content (AvgIpc) is 3.15. The highest BCUT2D eigenvalue weighted by atomic mass is 19.1. The molecule has 0 saturated carbocycles. The van der Waals surface area contributed by atoms with Gasteiger partial charge < -0.3 is 15.1 Å². The van der Waals surface area contributed by atoms with Crippen LogP contribution in [0.2, 0.25) is 0 Å². The number of hydrogen-bond donors (Lipinski definition) is 2. The van der Waals surface area contributed by atoms with Gasteiger partial charge in [0.15, 0.2) is 0 Å². The third-order valence-corrected chi connectivity index (χ3v) is 4.11. The van der Waals surface area contributed by atoms with E-state index in [0.717, 1.165) is 5.69 Å². The number of rotatable bonds is 3. The number of nitrogens with zero attached hydrogens (tertiary/aromatic N) is 3. The summed E-state index contributed by atoms with van der Waals surface area (Å²) in [6.45, 7) is 1.28. The van der Waals surface area contributed by atoms with Gasteiger partial charge in [-0.2, -0.15) is 5.10 Å². The summed E-state index contributed by atoms with van der Waals surface area (Å²) in [6.07, 6.45) is 1.50. The SMILES string of the molecule is CNC(=O)C1CN(c2ccc(F)cc2)CCN1C(=O)c1ccn[nH]1. The maximum absolute atomic E-state index is 13.1. The quantitative estimate of drug-likeness (QED) is 0.864. The van der Waals surface area contributed by atoms with Crippen molar-refractivity contribution in [1.29, 1.82) is 0 Å². The lowest BCUT2D eigenvalue weighted by Gasteiger charge is -2.41. The summed E-state index contributed by atoms with van der Waals surface area (Å²) in [5.41, 5.74) is 1.16. The van der Waals surface area contributed by atoms with E-state index in [2.05, 4.69) is 15.5 Å². The van der Waals surface area contributed by atoms with E-state index < -0.39 is 6.04 Å². The molecule has 1 atom stereocenters. The summed E-state index contributed by atoms with van der Waals surface area (Å²) in [5.74, 6) is -0.816. The van der Waals surface area contributed by atoms with Crippen molar-refractivity contribution in [2.45, 2.75) is 6.04 Å². The van der Waals surface area contributed by atoms with Gasteiger partial charge in [-0.3, -0.25) is 14.7 Å². The summed E-state index contributed by atoms with van der Waals surface area (Å²) in [6, 6.07) is 7.05. The topological polar surface area (TPSA) is 81.3 Å². The molecule has 1 aromatic heterocycles. The van der Waals surface area contributed by atoms with Crippen molar-refractivity contribution < 1.29 is 14.0 Å². The summed E-state index contributed by atoms with van der Waals surface area (Å²) >= 11 is 0. The second-order valence-electron chi connectivity index (χ2n) is 5.52. The first kappa shape index (κ1) is 16.0. The van der Waals surface area contributed by atoms with Crippen molar-refractivity contribution in [2.24, 2.45) is 0 Å². The number of amides is 2. The fourth-order valence-electron chi connectivity index (χ4n) is 2.83. The first-order chi connectivity index (χ1) is 11.6. The first-order valence-corrected chi connectivity index (χ1v) is 7.62. The fourth-order valence-corrected chi connectivity index (χ4v) is 2.83. The predicted molar refractivity (Wildman–Crippen MR) is 86.1 cm³/mol. The molecule has 24 heavy (non-hydrogen) atoms. The number of piperazine rings is 1. The largest absolute Gasteiger partial charge is 0.367 e. The van der Waals surface area contributed by atoms with Crippen molar-refractivity contribution in [3.8, 4) is 0 Å². The second-order valence-corrected chi connectivity index (χ2v) is 5.52. The Kier molecular flexibility index (Phi) is 4.45. The van der Waals surface area contributed by atoms with Gasteiger partial charge in [0.25, 0.3) is 5.91 Å². The molecule has 3 rings (SSSR count). The maximum Gasteiger partial charge on any atom is 0.272 e. The zero-order chi connectivity index (χ0) is 17.1. The number of halogens is 1. The minimum Gasteiger partial charge on any atom is -0.367 e. The van der Waals surface area contributed by atoms with E-state index in [-0.39, 0.29) is 17.6 Å². The lowest BCUT2D eigenvalue weighted by atomic mass is 10.1. The molecule has 0 spiro atoms. The zero-order valence-corrected chi connectivity index (χ0v) is 13.2. The molecule has 126 valence electrons. The van der Waals surface area contributed by atoms with Crippen LogP contribution in [0.4, 0.5) is 10.1 Å². The van der Waals surface area contributed by atoms with Crippen LogP contribution in [-0.2, 0) is 4.79 Å². The summed E-state index contributed by atoms with van der Waals surface area (Å²) < 4.78 is 13.1. The van der Waals surface area contributed by atoms with Gasteiger partial charge >= 0.3 is 0 Å². The minimum atomic E-state index is -0.635.